The summed E-state index contributed by atoms with van der Waals surface area (Å²) in [5, 5.41) is 10.6. The number of carbonyl (C=O) groups excluding carboxylic acids is 1. The number of non-ortho nitro benzene ring substituents is 1. The molecule has 0 aliphatic rings. The van der Waals surface area contributed by atoms with Crippen molar-refractivity contribution in [2.45, 2.75) is 6.92 Å². The molecule has 0 aromatic heterocycles. The van der Waals surface area contributed by atoms with Crippen molar-refractivity contribution < 1.29 is 9.72 Å². The third-order valence-electron chi connectivity index (χ3n) is 3.24. The quantitative estimate of drug-likeness (QED) is 0.492. The molecule has 0 spiro atoms. The third kappa shape index (κ3) is 3.79. The highest BCUT2D eigenvalue weighted by molar-refractivity contribution is 6.03. The number of hydrogen-bond acceptors (Lipinski definition) is 3. The normalized spacial score (nSPS) is 10.6. The number of nitro benzene ring substituents is 1. The minimum Gasteiger partial charge on any atom is -0.312 e. The molecule has 0 heterocycles. The monoisotopic (exact) mass is 296 g/mol. The molecule has 0 aliphatic carbocycles. The lowest BCUT2D eigenvalue weighted by Gasteiger charge is -2.15. The minimum absolute atomic E-state index is 0.0281. The molecule has 0 atom stereocenters. The van der Waals surface area contributed by atoms with Crippen LogP contribution in [0, 0.1) is 17.0 Å². The molecule has 0 bridgehead atoms. The summed E-state index contributed by atoms with van der Waals surface area (Å²) in [6.45, 7) is 1.97. The Hall–Kier alpha value is -2.95. The number of nitrogens with zero attached hydrogens (tertiary/aromatic N) is 2. The minimum atomic E-state index is -0.454. The molecule has 0 aliphatic heterocycles. The molecule has 2 aromatic carbocycles. The highest BCUT2D eigenvalue weighted by atomic mass is 16.6. The number of rotatable bonds is 4. The molecule has 2 aromatic rings. The van der Waals surface area contributed by atoms with Crippen LogP contribution in [-0.2, 0) is 4.79 Å². The first kappa shape index (κ1) is 15.4. The molecule has 0 N–H and O–H groups in total. The molecule has 112 valence electrons. The Labute approximate surface area is 128 Å². The number of hydrogen-bond donors (Lipinski definition) is 0. The summed E-state index contributed by atoms with van der Waals surface area (Å²) >= 11 is 0. The fourth-order valence-corrected chi connectivity index (χ4v) is 1.95. The maximum atomic E-state index is 12.1. The van der Waals surface area contributed by atoms with Crippen LogP contribution in [0.25, 0.3) is 6.08 Å². The van der Waals surface area contributed by atoms with Crippen LogP contribution in [0.15, 0.2) is 54.6 Å². The van der Waals surface area contributed by atoms with Crippen LogP contribution >= 0.6 is 0 Å². The van der Waals surface area contributed by atoms with Crippen LogP contribution in [0.3, 0.4) is 0 Å². The average Bonchev–Trinajstić information content (AvgIpc) is 2.52. The van der Waals surface area contributed by atoms with Gasteiger partial charge in [-0.3, -0.25) is 14.9 Å². The van der Waals surface area contributed by atoms with E-state index >= 15 is 0 Å². The van der Waals surface area contributed by atoms with E-state index in [1.165, 1.54) is 18.2 Å². The van der Waals surface area contributed by atoms with Crippen molar-refractivity contribution in [2.75, 3.05) is 11.9 Å². The zero-order chi connectivity index (χ0) is 16.1. The van der Waals surface area contributed by atoms with Gasteiger partial charge in [0.1, 0.15) is 0 Å². The van der Waals surface area contributed by atoms with Gasteiger partial charge in [-0.25, -0.2) is 0 Å². The van der Waals surface area contributed by atoms with E-state index in [1.54, 1.807) is 30.2 Å². The fraction of sp³-hybridized carbons (Fsp3) is 0.118. The van der Waals surface area contributed by atoms with Gasteiger partial charge in [-0.15, -0.1) is 0 Å². The number of anilines is 1. The van der Waals surface area contributed by atoms with Crippen molar-refractivity contribution in [3.63, 3.8) is 0 Å². The summed E-state index contributed by atoms with van der Waals surface area (Å²) in [7, 11) is 1.71. The molecule has 0 saturated heterocycles. The summed E-state index contributed by atoms with van der Waals surface area (Å²) in [4.78, 5) is 23.8. The van der Waals surface area contributed by atoms with Crippen LogP contribution < -0.4 is 4.90 Å². The molecule has 1 amide bonds. The van der Waals surface area contributed by atoms with E-state index < -0.39 is 4.92 Å². The lowest BCUT2D eigenvalue weighted by atomic mass is 10.2. The van der Waals surface area contributed by atoms with E-state index in [1.807, 2.05) is 31.2 Å². The Bertz CT molecular complexity index is 721. The number of amides is 1. The van der Waals surface area contributed by atoms with E-state index in [2.05, 4.69) is 0 Å². The third-order valence-corrected chi connectivity index (χ3v) is 3.24. The molecule has 0 radical (unpaired) electrons. The zero-order valence-electron chi connectivity index (χ0n) is 12.4. The predicted octanol–water partition coefficient (Wildman–Crippen LogP) is 3.58. The molecule has 2 rings (SSSR count). The van der Waals surface area contributed by atoms with E-state index in [4.69, 9.17) is 0 Å². The first-order valence-electron chi connectivity index (χ1n) is 6.74. The summed E-state index contributed by atoms with van der Waals surface area (Å²) in [5.41, 5.74) is 2.66. The zero-order valence-corrected chi connectivity index (χ0v) is 12.4. The van der Waals surface area contributed by atoms with Crippen LogP contribution in [0.1, 0.15) is 11.1 Å². The highest BCUT2D eigenvalue weighted by Crippen LogP contribution is 2.16. The van der Waals surface area contributed by atoms with Gasteiger partial charge in [-0.2, -0.15) is 0 Å². The van der Waals surface area contributed by atoms with Gasteiger partial charge in [0.15, 0.2) is 0 Å². The molecule has 0 fully saturated rings. The van der Waals surface area contributed by atoms with Crippen LogP contribution in [0.2, 0.25) is 0 Å². The van der Waals surface area contributed by atoms with Crippen molar-refractivity contribution >= 4 is 23.4 Å². The number of carbonyl (C=O) groups is 1. The Morgan fingerprint density at radius 2 is 1.86 bits per heavy atom. The molecule has 0 unspecified atom stereocenters. The van der Waals surface area contributed by atoms with Gasteiger partial charge in [-0.1, -0.05) is 12.1 Å². The van der Waals surface area contributed by atoms with Crippen LogP contribution in [-0.4, -0.2) is 17.9 Å². The van der Waals surface area contributed by atoms with Gasteiger partial charge in [-0.05, 0) is 48.4 Å². The molecule has 0 saturated carbocycles. The lowest BCUT2D eigenvalue weighted by molar-refractivity contribution is -0.384. The standard InChI is InChI=1S/C17H16N2O3/c1-13-4-3-5-16(12-13)18(2)17(20)11-8-14-6-9-15(10-7-14)19(21)22/h3-12H,1-2H3. The second kappa shape index (κ2) is 6.67. The fourth-order valence-electron chi connectivity index (χ4n) is 1.95. The van der Waals surface area contributed by atoms with Gasteiger partial charge in [0.2, 0.25) is 0 Å². The smallest absolute Gasteiger partial charge is 0.269 e. The Morgan fingerprint density at radius 3 is 2.45 bits per heavy atom. The van der Waals surface area contributed by atoms with Gasteiger partial charge in [0.05, 0.1) is 4.92 Å². The summed E-state index contributed by atoms with van der Waals surface area (Å²) in [6, 6.07) is 13.7. The first-order valence-corrected chi connectivity index (χ1v) is 6.74. The summed E-state index contributed by atoms with van der Waals surface area (Å²) < 4.78 is 0. The van der Waals surface area contributed by atoms with E-state index in [-0.39, 0.29) is 11.6 Å². The van der Waals surface area contributed by atoms with E-state index in [0.29, 0.717) is 0 Å². The van der Waals surface area contributed by atoms with E-state index in [9.17, 15) is 14.9 Å². The molecule has 5 heteroatoms. The first-order chi connectivity index (χ1) is 10.5. The van der Waals surface area contributed by atoms with Crippen molar-refractivity contribution in [2.24, 2.45) is 0 Å². The van der Waals surface area contributed by atoms with Crippen molar-refractivity contribution in [1.29, 1.82) is 0 Å². The average molecular weight is 296 g/mol. The molecular formula is C17H16N2O3. The summed E-state index contributed by atoms with van der Waals surface area (Å²) in [5.74, 6) is -0.163. The summed E-state index contributed by atoms with van der Waals surface area (Å²) in [6.07, 6.45) is 3.09. The predicted molar refractivity (Wildman–Crippen MR) is 86.7 cm³/mol. The number of likely N-dealkylation sites (N-methyl/N-ethyl adjacent to an activating group) is 1. The maximum absolute atomic E-state index is 12.1. The Morgan fingerprint density at radius 1 is 1.18 bits per heavy atom. The van der Waals surface area contributed by atoms with Crippen molar-refractivity contribution in [1.82, 2.24) is 0 Å². The largest absolute Gasteiger partial charge is 0.312 e. The number of nitro groups is 1. The topological polar surface area (TPSA) is 63.5 Å². The van der Waals surface area contributed by atoms with Gasteiger partial charge in [0.25, 0.3) is 11.6 Å². The van der Waals surface area contributed by atoms with Gasteiger partial charge >= 0.3 is 0 Å². The molecule has 22 heavy (non-hydrogen) atoms. The maximum Gasteiger partial charge on any atom is 0.269 e. The SMILES string of the molecule is Cc1cccc(N(C)C(=O)C=Cc2ccc([N+](=O)[O-])cc2)c1. The van der Waals surface area contributed by atoms with E-state index in [0.717, 1.165) is 16.8 Å². The Kier molecular flexibility index (Phi) is 4.68. The molecule has 5 nitrogen and oxygen atoms in total. The van der Waals surface area contributed by atoms with Gasteiger partial charge < -0.3 is 4.90 Å². The lowest BCUT2D eigenvalue weighted by Crippen LogP contribution is -2.23. The number of benzene rings is 2. The second-order valence-corrected chi connectivity index (χ2v) is 4.92. The highest BCUT2D eigenvalue weighted by Gasteiger charge is 2.08. The number of aryl methyl sites for hydroxylation is 1. The molecular weight excluding hydrogens is 280 g/mol. The van der Waals surface area contributed by atoms with Crippen molar-refractivity contribution in [3.8, 4) is 0 Å². The van der Waals surface area contributed by atoms with Gasteiger partial charge in [0, 0.05) is 30.9 Å². The Balaban J connectivity index is 2.09. The van der Waals surface area contributed by atoms with Crippen LogP contribution in [0.5, 0.6) is 0 Å². The second-order valence-electron chi connectivity index (χ2n) is 4.92. The van der Waals surface area contributed by atoms with Crippen molar-refractivity contribution in [3.05, 3.63) is 75.8 Å². The van der Waals surface area contributed by atoms with Crippen LogP contribution in [0.4, 0.5) is 11.4 Å².